The van der Waals surface area contributed by atoms with E-state index in [1.807, 2.05) is 51.1 Å². The highest BCUT2D eigenvalue weighted by Crippen LogP contribution is 2.53. The summed E-state index contributed by atoms with van der Waals surface area (Å²) in [6, 6.07) is 13.9. The smallest absolute Gasteiger partial charge is 0.304 e. The molecule has 2 aromatic rings. The first-order valence-corrected chi connectivity index (χ1v) is 13.9. The highest BCUT2D eigenvalue weighted by atomic mass is 35.5. The van der Waals surface area contributed by atoms with Crippen LogP contribution in [0.5, 0.6) is 0 Å². The number of likely N-dealkylation sites (tertiary alicyclic amines) is 1. The third-order valence-electron chi connectivity index (χ3n) is 7.03. The molecule has 1 saturated heterocycles. The zero-order valence-corrected chi connectivity index (χ0v) is 23.2. The summed E-state index contributed by atoms with van der Waals surface area (Å²) < 4.78 is 21.3. The second-order valence-corrected chi connectivity index (χ2v) is 12.8. The predicted octanol–water partition coefficient (Wildman–Crippen LogP) is 6.56. The van der Waals surface area contributed by atoms with Crippen molar-refractivity contribution in [2.45, 2.75) is 65.0 Å². The van der Waals surface area contributed by atoms with Crippen LogP contribution < -0.4 is 0 Å². The number of carboxylic acid groups (broad SMARTS) is 1. The first kappa shape index (κ1) is 28.6. The van der Waals surface area contributed by atoms with Gasteiger partial charge in [-0.2, -0.15) is 0 Å². The second-order valence-electron chi connectivity index (χ2n) is 10.9. The van der Waals surface area contributed by atoms with Crippen molar-refractivity contribution >= 4 is 46.2 Å². The Kier molecular flexibility index (Phi) is 8.92. The largest absolute Gasteiger partial charge is 0.481 e. The van der Waals surface area contributed by atoms with Crippen LogP contribution in [-0.2, 0) is 20.7 Å². The molecule has 2 N–H and O–H groups in total. The summed E-state index contributed by atoms with van der Waals surface area (Å²) in [5, 5.41) is 10.9. The van der Waals surface area contributed by atoms with Gasteiger partial charge in [0, 0.05) is 22.0 Å². The number of nitrogens with zero attached hydrogens (tertiary/aromatic N) is 1. The number of hydrogen-bond donors (Lipinski definition) is 2. The fourth-order valence-electron chi connectivity index (χ4n) is 5.43. The molecule has 3 rings (SSSR count). The maximum absolute atomic E-state index is 14.3. The molecule has 1 amide bonds. The molecule has 1 fully saturated rings. The van der Waals surface area contributed by atoms with Crippen LogP contribution in [0.25, 0.3) is 0 Å². The van der Waals surface area contributed by atoms with Crippen LogP contribution in [0.1, 0.15) is 70.0 Å². The first-order chi connectivity index (χ1) is 16.7. The molecule has 0 aromatic heterocycles. The zero-order valence-electron chi connectivity index (χ0n) is 20.9. The molecule has 36 heavy (non-hydrogen) atoms. The predicted molar refractivity (Wildman–Crippen MR) is 144 cm³/mol. The molecule has 1 aliphatic heterocycles. The Bertz CT molecular complexity index is 1130. The maximum atomic E-state index is 14.3. The minimum absolute atomic E-state index is 0.00344. The average Bonchev–Trinajstić information content (AvgIpc) is 2.75. The van der Waals surface area contributed by atoms with Gasteiger partial charge in [0.05, 0.1) is 23.6 Å². The minimum atomic E-state index is -2.04. The van der Waals surface area contributed by atoms with Gasteiger partial charge in [0.1, 0.15) is 0 Å². The third kappa shape index (κ3) is 6.49. The fraction of sp³-hybridized carbons (Fsp3) is 0.481. The lowest BCUT2D eigenvalue weighted by molar-refractivity contribution is -0.163. The van der Waals surface area contributed by atoms with E-state index in [-0.39, 0.29) is 30.4 Å². The highest BCUT2D eigenvalue weighted by Gasteiger charge is 2.53. The molecule has 0 spiro atoms. The van der Waals surface area contributed by atoms with Crippen molar-refractivity contribution in [2.75, 3.05) is 5.75 Å². The summed E-state index contributed by atoms with van der Waals surface area (Å²) in [7, 11) is 0. The average molecular weight is 555 g/mol. The van der Waals surface area contributed by atoms with E-state index in [0.717, 1.165) is 11.1 Å². The van der Waals surface area contributed by atoms with Gasteiger partial charge in [0.2, 0.25) is 5.91 Å². The molecule has 2 aromatic carbocycles. The van der Waals surface area contributed by atoms with Crippen LogP contribution >= 0.6 is 23.2 Å². The van der Waals surface area contributed by atoms with Crippen LogP contribution in [0.2, 0.25) is 10.0 Å². The molecule has 1 heterocycles. The number of piperidine rings is 1. The molecule has 0 aliphatic carbocycles. The quantitative estimate of drug-likeness (QED) is 0.361. The van der Waals surface area contributed by atoms with Crippen LogP contribution in [0.3, 0.4) is 0 Å². The number of amides is 1. The van der Waals surface area contributed by atoms with Crippen molar-refractivity contribution in [1.82, 2.24) is 4.90 Å². The van der Waals surface area contributed by atoms with Gasteiger partial charge >= 0.3 is 5.97 Å². The fourth-order valence-corrected chi connectivity index (χ4v) is 6.17. The standard InChI is InChI=1S/C27H33Cl2NO5S/c1-26(2,3)22(12-13-36(34)35)30-24(17-8-10-19(28)11-9-17)21(18-6-5-7-20(29)14-18)15-27(4,25(30)33)16-23(31)32/h5-11,14,21-22,24H,12-13,15-16H2,1-4H3,(H,31,32)(H,34,35). The van der Waals surface area contributed by atoms with Crippen LogP contribution in [-0.4, -0.2) is 42.4 Å². The first-order valence-electron chi connectivity index (χ1n) is 11.9. The molecule has 5 unspecified atom stereocenters. The second kappa shape index (κ2) is 11.2. The van der Waals surface area contributed by atoms with E-state index in [0.29, 0.717) is 16.5 Å². The van der Waals surface area contributed by atoms with Crippen LogP contribution in [0.4, 0.5) is 0 Å². The van der Waals surface area contributed by atoms with Crippen molar-refractivity contribution in [2.24, 2.45) is 10.8 Å². The molecular weight excluding hydrogens is 521 g/mol. The van der Waals surface area contributed by atoms with Gasteiger partial charge in [0.25, 0.3) is 0 Å². The van der Waals surface area contributed by atoms with E-state index in [1.54, 1.807) is 30.0 Å². The Labute approximate surface area is 225 Å². The van der Waals surface area contributed by atoms with E-state index in [9.17, 15) is 23.5 Å². The Balaban J connectivity index is 2.29. The Morgan fingerprint density at radius 1 is 1.14 bits per heavy atom. The highest BCUT2D eigenvalue weighted by molar-refractivity contribution is 7.79. The topological polar surface area (TPSA) is 94.9 Å². The van der Waals surface area contributed by atoms with Crippen molar-refractivity contribution in [3.05, 3.63) is 69.7 Å². The van der Waals surface area contributed by atoms with E-state index in [1.165, 1.54) is 0 Å². The van der Waals surface area contributed by atoms with E-state index >= 15 is 0 Å². The Morgan fingerprint density at radius 2 is 1.78 bits per heavy atom. The summed E-state index contributed by atoms with van der Waals surface area (Å²) in [5.41, 5.74) is 0.119. The lowest BCUT2D eigenvalue weighted by atomic mass is 9.66. The van der Waals surface area contributed by atoms with Crippen LogP contribution in [0.15, 0.2) is 48.5 Å². The third-order valence-corrected chi connectivity index (χ3v) is 8.11. The molecule has 0 saturated carbocycles. The lowest BCUT2D eigenvalue weighted by Gasteiger charge is -2.54. The lowest BCUT2D eigenvalue weighted by Crippen LogP contribution is -2.59. The number of benzene rings is 2. The van der Waals surface area contributed by atoms with Gasteiger partial charge in [-0.15, -0.1) is 0 Å². The van der Waals surface area contributed by atoms with Gasteiger partial charge in [0.15, 0.2) is 11.1 Å². The molecule has 9 heteroatoms. The maximum Gasteiger partial charge on any atom is 0.304 e. The van der Waals surface area contributed by atoms with Crippen molar-refractivity contribution in [3.8, 4) is 0 Å². The molecule has 0 radical (unpaired) electrons. The summed E-state index contributed by atoms with van der Waals surface area (Å²) in [6.45, 7) is 7.67. The van der Waals surface area contributed by atoms with E-state index in [2.05, 4.69) is 0 Å². The molecule has 0 bridgehead atoms. The number of carboxylic acids is 1. The monoisotopic (exact) mass is 553 g/mol. The molecule has 6 nitrogen and oxygen atoms in total. The zero-order chi connectivity index (χ0) is 26.8. The number of rotatable bonds is 8. The molecule has 5 atom stereocenters. The van der Waals surface area contributed by atoms with E-state index < -0.39 is 40.0 Å². The number of hydrogen-bond acceptors (Lipinski definition) is 3. The van der Waals surface area contributed by atoms with Gasteiger partial charge in [-0.3, -0.25) is 9.59 Å². The normalized spacial score (nSPS) is 24.4. The summed E-state index contributed by atoms with van der Waals surface area (Å²) in [5.74, 6) is -1.59. The van der Waals surface area contributed by atoms with Gasteiger partial charge < -0.3 is 14.6 Å². The van der Waals surface area contributed by atoms with Crippen LogP contribution in [0, 0.1) is 10.8 Å². The SMILES string of the molecule is CC1(CC(=O)O)CC(c2cccc(Cl)c2)C(c2ccc(Cl)cc2)N(C(CCS(=O)O)C(C)(C)C)C1=O. The number of halogens is 2. The molecule has 196 valence electrons. The van der Waals surface area contributed by atoms with Crippen molar-refractivity contribution in [1.29, 1.82) is 0 Å². The van der Waals surface area contributed by atoms with E-state index in [4.69, 9.17) is 23.2 Å². The van der Waals surface area contributed by atoms with Crippen molar-refractivity contribution < 1.29 is 23.5 Å². The van der Waals surface area contributed by atoms with Gasteiger partial charge in [-0.25, -0.2) is 4.21 Å². The Hall–Kier alpha value is -1.93. The number of carbonyl (C=O) groups is 2. The Morgan fingerprint density at radius 3 is 2.31 bits per heavy atom. The van der Waals surface area contributed by atoms with Gasteiger partial charge in [-0.05, 0) is 53.6 Å². The molecular formula is C27H33Cl2NO5S. The summed E-state index contributed by atoms with van der Waals surface area (Å²) in [6.07, 6.45) is 0.272. The van der Waals surface area contributed by atoms with Crippen molar-refractivity contribution in [3.63, 3.8) is 0 Å². The summed E-state index contributed by atoms with van der Waals surface area (Å²) in [4.78, 5) is 28.0. The number of carbonyl (C=O) groups excluding carboxylic acids is 1. The minimum Gasteiger partial charge on any atom is -0.481 e. The summed E-state index contributed by atoms with van der Waals surface area (Å²) >= 11 is 10.5. The van der Waals surface area contributed by atoms with Gasteiger partial charge in [-0.1, -0.05) is 75.2 Å². The number of aliphatic carboxylic acids is 1. The molecule has 1 aliphatic rings.